The van der Waals surface area contributed by atoms with Gasteiger partial charge in [-0.1, -0.05) is 30.0 Å². The summed E-state index contributed by atoms with van der Waals surface area (Å²) in [6.07, 6.45) is 1.75. The summed E-state index contributed by atoms with van der Waals surface area (Å²) < 4.78 is 5.38. The highest BCUT2D eigenvalue weighted by atomic mass is 32.2. The van der Waals surface area contributed by atoms with Gasteiger partial charge in [0.25, 0.3) is 0 Å². The quantitative estimate of drug-likeness (QED) is 0.773. The average Bonchev–Trinajstić information content (AvgIpc) is 3.18. The number of carbonyl (C=O) groups excluding carboxylic acids is 2. The Labute approximate surface area is 164 Å². The van der Waals surface area contributed by atoms with E-state index in [0.717, 1.165) is 17.3 Å². The number of amides is 2. The molecule has 9 heteroatoms. The van der Waals surface area contributed by atoms with Gasteiger partial charge in [-0.2, -0.15) is 5.26 Å². The molecule has 2 heterocycles. The molecular formula is C18H16N4O3S2. The normalized spacial score (nSPS) is 16.4. The number of para-hydroxylation sites is 1. The predicted molar refractivity (Wildman–Crippen MR) is 104 cm³/mol. The maximum absolute atomic E-state index is 12.2. The second-order valence-corrected chi connectivity index (χ2v) is 7.46. The molecule has 138 valence electrons. The Morgan fingerprint density at radius 3 is 3.04 bits per heavy atom. The minimum absolute atomic E-state index is 0.0546. The van der Waals surface area contributed by atoms with E-state index in [9.17, 15) is 14.9 Å². The monoisotopic (exact) mass is 400 g/mol. The van der Waals surface area contributed by atoms with Crippen molar-refractivity contribution in [3.63, 3.8) is 0 Å². The van der Waals surface area contributed by atoms with Crippen molar-refractivity contribution < 1.29 is 14.3 Å². The largest absolute Gasteiger partial charge is 0.496 e. The lowest BCUT2D eigenvalue weighted by Crippen LogP contribution is -2.31. The van der Waals surface area contributed by atoms with E-state index in [1.165, 1.54) is 11.3 Å². The lowest BCUT2D eigenvalue weighted by atomic mass is 9.86. The highest BCUT2D eigenvalue weighted by molar-refractivity contribution is 8.03. The first-order chi connectivity index (χ1) is 13.1. The number of rotatable bonds is 6. The highest BCUT2D eigenvalue weighted by Gasteiger charge is 2.31. The van der Waals surface area contributed by atoms with Crippen LogP contribution in [0.2, 0.25) is 0 Å². The number of anilines is 1. The van der Waals surface area contributed by atoms with Gasteiger partial charge in [0, 0.05) is 29.5 Å². The maximum Gasteiger partial charge on any atom is 0.236 e. The van der Waals surface area contributed by atoms with Crippen molar-refractivity contribution >= 4 is 40.0 Å². The first-order valence-corrected chi connectivity index (χ1v) is 9.88. The molecule has 1 aromatic heterocycles. The number of nitriles is 1. The van der Waals surface area contributed by atoms with E-state index < -0.39 is 5.92 Å². The minimum Gasteiger partial charge on any atom is -0.496 e. The molecule has 0 saturated heterocycles. The second-order valence-electron chi connectivity index (χ2n) is 5.58. The molecule has 3 rings (SSSR count). The van der Waals surface area contributed by atoms with Gasteiger partial charge in [0.1, 0.15) is 5.75 Å². The SMILES string of the molecule is COc1ccccc1[C@@H]1CC(=O)NC(SCC(=O)Nc2nccs2)=C1C#N. The summed E-state index contributed by atoms with van der Waals surface area (Å²) in [4.78, 5) is 28.3. The van der Waals surface area contributed by atoms with E-state index in [2.05, 4.69) is 21.7 Å². The topological polar surface area (TPSA) is 104 Å². The number of nitrogens with zero attached hydrogens (tertiary/aromatic N) is 2. The van der Waals surface area contributed by atoms with E-state index in [4.69, 9.17) is 4.74 Å². The molecule has 7 nitrogen and oxygen atoms in total. The van der Waals surface area contributed by atoms with E-state index >= 15 is 0 Å². The molecule has 0 spiro atoms. The van der Waals surface area contributed by atoms with E-state index in [1.54, 1.807) is 24.8 Å². The molecule has 1 aliphatic rings. The zero-order valence-electron chi connectivity index (χ0n) is 14.4. The highest BCUT2D eigenvalue weighted by Crippen LogP contribution is 2.39. The number of methoxy groups -OCH3 is 1. The van der Waals surface area contributed by atoms with E-state index in [1.807, 2.05) is 18.2 Å². The van der Waals surface area contributed by atoms with Crippen molar-refractivity contribution in [1.82, 2.24) is 10.3 Å². The maximum atomic E-state index is 12.2. The molecule has 1 atom stereocenters. The van der Waals surface area contributed by atoms with Crippen LogP contribution in [-0.4, -0.2) is 29.7 Å². The molecule has 0 bridgehead atoms. The van der Waals surface area contributed by atoms with Gasteiger partial charge in [0.15, 0.2) is 5.13 Å². The van der Waals surface area contributed by atoms with Crippen LogP contribution in [0.25, 0.3) is 0 Å². The Morgan fingerprint density at radius 1 is 1.52 bits per heavy atom. The number of ether oxygens (including phenoxy) is 1. The fourth-order valence-electron chi connectivity index (χ4n) is 2.73. The Kier molecular flexibility index (Phi) is 6.11. The summed E-state index contributed by atoms with van der Waals surface area (Å²) in [5, 5.41) is 17.8. The third kappa shape index (κ3) is 4.48. The Bertz CT molecular complexity index is 919. The molecule has 0 radical (unpaired) electrons. The number of benzene rings is 1. The van der Waals surface area contributed by atoms with Gasteiger partial charge in [-0.3, -0.25) is 9.59 Å². The first kappa shape index (κ1) is 18.9. The molecule has 0 fully saturated rings. The number of allylic oxidation sites excluding steroid dienone is 1. The number of nitrogens with one attached hydrogen (secondary N) is 2. The molecule has 2 aromatic rings. The smallest absolute Gasteiger partial charge is 0.236 e. The van der Waals surface area contributed by atoms with Gasteiger partial charge in [-0.05, 0) is 6.07 Å². The number of hydrogen-bond donors (Lipinski definition) is 2. The molecule has 0 saturated carbocycles. The van der Waals surface area contributed by atoms with Crippen molar-refractivity contribution in [2.75, 3.05) is 18.2 Å². The minimum atomic E-state index is -0.413. The lowest BCUT2D eigenvalue weighted by Gasteiger charge is -2.26. The molecule has 1 aliphatic heterocycles. The van der Waals surface area contributed by atoms with E-state index in [-0.39, 0.29) is 24.0 Å². The predicted octanol–water partition coefficient (Wildman–Crippen LogP) is 2.86. The standard InChI is InChI=1S/C18H16N4O3S2/c1-25-14-5-3-2-4-11(14)12-8-15(23)21-17(13(12)9-19)27-10-16(24)22-18-20-6-7-26-18/h2-7,12H,8,10H2,1H3,(H,21,23)(H,20,22,24)/t12-/m0/s1. The van der Waals surface area contributed by atoms with Crippen LogP contribution in [0.5, 0.6) is 5.75 Å². The van der Waals surface area contributed by atoms with Crippen molar-refractivity contribution in [2.24, 2.45) is 0 Å². The van der Waals surface area contributed by atoms with Crippen LogP contribution >= 0.6 is 23.1 Å². The van der Waals surface area contributed by atoms with Gasteiger partial charge < -0.3 is 15.4 Å². The zero-order chi connectivity index (χ0) is 19.2. The summed E-state index contributed by atoms with van der Waals surface area (Å²) in [6, 6.07) is 9.51. The molecule has 2 N–H and O–H groups in total. The van der Waals surface area contributed by atoms with Crippen molar-refractivity contribution in [3.05, 3.63) is 52.0 Å². The Hall–Kier alpha value is -2.83. The number of carbonyl (C=O) groups is 2. The van der Waals surface area contributed by atoms with Gasteiger partial charge in [-0.25, -0.2) is 4.98 Å². The van der Waals surface area contributed by atoms with Crippen LogP contribution in [0.15, 0.2) is 46.4 Å². The average molecular weight is 400 g/mol. The van der Waals surface area contributed by atoms with Gasteiger partial charge >= 0.3 is 0 Å². The fourth-order valence-corrected chi connectivity index (χ4v) is 4.15. The van der Waals surface area contributed by atoms with Crippen LogP contribution < -0.4 is 15.4 Å². The summed E-state index contributed by atoms with van der Waals surface area (Å²) in [6.45, 7) is 0. The van der Waals surface area contributed by atoms with Crippen LogP contribution in [0.1, 0.15) is 17.9 Å². The number of aromatic nitrogens is 1. The number of thioether (sulfide) groups is 1. The van der Waals surface area contributed by atoms with Gasteiger partial charge in [0.2, 0.25) is 11.8 Å². The first-order valence-electron chi connectivity index (χ1n) is 8.01. The zero-order valence-corrected chi connectivity index (χ0v) is 16.0. The molecular weight excluding hydrogens is 384 g/mol. The van der Waals surface area contributed by atoms with Gasteiger partial charge in [0.05, 0.1) is 29.5 Å². The molecule has 2 amide bonds. The summed E-state index contributed by atoms with van der Waals surface area (Å²) in [7, 11) is 1.55. The Balaban J connectivity index is 1.81. The summed E-state index contributed by atoms with van der Waals surface area (Å²) in [5.74, 6) is -0.194. The second kappa shape index (κ2) is 8.70. The third-order valence-electron chi connectivity index (χ3n) is 3.90. The van der Waals surface area contributed by atoms with Crippen molar-refractivity contribution in [2.45, 2.75) is 12.3 Å². The van der Waals surface area contributed by atoms with Crippen LogP contribution in [0.3, 0.4) is 0 Å². The van der Waals surface area contributed by atoms with Crippen LogP contribution in [0.4, 0.5) is 5.13 Å². The molecule has 1 aromatic carbocycles. The van der Waals surface area contributed by atoms with E-state index in [0.29, 0.717) is 21.5 Å². The molecule has 27 heavy (non-hydrogen) atoms. The molecule has 0 aliphatic carbocycles. The number of hydrogen-bond acceptors (Lipinski definition) is 7. The Morgan fingerprint density at radius 2 is 2.33 bits per heavy atom. The number of thiazole rings is 1. The van der Waals surface area contributed by atoms with Crippen LogP contribution in [-0.2, 0) is 9.59 Å². The van der Waals surface area contributed by atoms with Crippen molar-refractivity contribution in [3.8, 4) is 11.8 Å². The fraction of sp³-hybridized carbons (Fsp3) is 0.222. The summed E-state index contributed by atoms with van der Waals surface area (Å²) >= 11 is 2.44. The van der Waals surface area contributed by atoms with Crippen molar-refractivity contribution in [1.29, 1.82) is 5.26 Å². The lowest BCUT2D eigenvalue weighted by molar-refractivity contribution is -0.121. The summed E-state index contributed by atoms with van der Waals surface area (Å²) in [5.41, 5.74) is 1.20. The van der Waals surface area contributed by atoms with Gasteiger partial charge in [-0.15, -0.1) is 11.3 Å². The third-order valence-corrected chi connectivity index (χ3v) is 5.60. The van der Waals surface area contributed by atoms with Crippen LogP contribution in [0, 0.1) is 11.3 Å². The molecule has 0 unspecified atom stereocenters.